The largest absolute Gasteiger partial charge is 0.508 e. The van der Waals surface area contributed by atoms with Crippen molar-refractivity contribution in [3.8, 4) is 5.75 Å². The summed E-state index contributed by atoms with van der Waals surface area (Å²) in [7, 11) is 0. The third-order valence-corrected chi connectivity index (χ3v) is 3.63. The average molecular weight is 272 g/mol. The maximum atomic E-state index is 12.5. The maximum absolute atomic E-state index is 12.5. The smallest absolute Gasteiger partial charge is 0.274 e. The van der Waals surface area contributed by atoms with E-state index >= 15 is 0 Å². The third-order valence-electron chi connectivity index (χ3n) is 3.63. The predicted molar refractivity (Wildman–Crippen MR) is 72.2 cm³/mol. The van der Waals surface area contributed by atoms with Gasteiger partial charge in [-0.15, -0.1) is 5.10 Å². The van der Waals surface area contributed by atoms with E-state index in [-0.39, 0.29) is 11.7 Å². The molecule has 0 unspecified atom stereocenters. The minimum Gasteiger partial charge on any atom is -0.508 e. The Morgan fingerprint density at radius 3 is 3.05 bits per heavy atom. The second kappa shape index (κ2) is 4.96. The number of hydrogen-bond donors (Lipinski definition) is 1. The molecule has 0 bridgehead atoms. The Balaban J connectivity index is 1.85. The van der Waals surface area contributed by atoms with Crippen molar-refractivity contribution in [1.82, 2.24) is 19.9 Å². The summed E-state index contributed by atoms with van der Waals surface area (Å²) in [5.41, 5.74) is 2.70. The molecule has 1 N–H and O–H groups in total. The number of phenols is 1. The van der Waals surface area contributed by atoms with E-state index in [0.717, 1.165) is 12.0 Å². The lowest BCUT2D eigenvalue weighted by Crippen LogP contribution is -2.37. The molecule has 6 nitrogen and oxygen atoms in total. The van der Waals surface area contributed by atoms with Gasteiger partial charge in [0.25, 0.3) is 5.91 Å². The first-order valence-electron chi connectivity index (χ1n) is 6.67. The molecule has 1 aromatic heterocycles. The molecule has 3 rings (SSSR count). The fraction of sp³-hybridized carbons (Fsp3) is 0.357. The highest BCUT2D eigenvalue weighted by atomic mass is 16.3. The zero-order valence-corrected chi connectivity index (χ0v) is 11.3. The van der Waals surface area contributed by atoms with E-state index in [2.05, 4.69) is 10.3 Å². The van der Waals surface area contributed by atoms with Crippen LogP contribution in [0.2, 0.25) is 0 Å². The molecule has 1 aliphatic heterocycles. The molecule has 0 saturated heterocycles. The van der Waals surface area contributed by atoms with Gasteiger partial charge >= 0.3 is 0 Å². The molecular weight excluding hydrogens is 256 g/mol. The first kappa shape index (κ1) is 12.7. The number of aromatic nitrogens is 3. The third kappa shape index (κ3) is 2.13. The molecule has 1 amide bonds. The molecule has 20 heavy (non-hydrogen) atoms. The summed E-state index contributed by atoms with van der Waals surface area (Å²) in [6.45, 7) is 3.73. The molecule has 0 fully saturated rings. The highest BCUT2D eigenvalue weighted by Crippen LogP contribution is 2.24. The molecule has 104 valence electrons. The fourth-order valence-corrected chi connectivity index (χ4v) is 2.54. The summed E-state index contributed by atoms with van der Waals surface area (Å²) < 4.78 is 1.60. The second-order valence-electron chi connectivity index (χ2n) is 4.86. The molecule has 1 aromatic carbocycles. The Hall–Kier alpha value is -2.37. The number of hydrogen-bond acceptors (Lipinski definition) is 4. The fourth-order valence-electron chi connectivity index (χ4n) is 2.54. The van der Waals surface area contributed by atoms with Gasteiger partial charge in [0, 0.05) is 19.6 Å². The van der Waals surface area contributed by atoms with Crippen LogP contribution in [0.4, 0.5) is 0 Å². The SMILES string of the molecule is CCn1nncc1C(=O)N1CCc2ccc(O)cc2C1. The molecule has 0 spiro atoms. The number of aromatic hydroxyl groups is 1. The Labute approximate surface area is 116 Å². The number of aryl methyl sites for hydroxylation is 1. The summed E-state index contributed by atoms with van der Waals surface area (Å²) in [6, 6.07) is 5.33. The summed E-state index contributed by atoms with van der Waals surface area (Å²) in [6.07, 6.45) is 2.30. The molecule has 0 atom stereocenters. The summed E-state index contributed by atoms with van der Waals surface area (Å²) in [5.74, 6) is 0.171. The molecule has 2 aromatic rings. The van der Waals surface area contributed by atoms with Crippen LogP contribution in [-0.4, -0.2) is 37.5 Å². The molecule has 6 heteroatoms. The van der Waals surface area contributed by atoms with Gasteiger partial charge in [-0.05, 0) is 36.6 Å². The first-order chi connectivity index (χ1) is 9.69. The van der Waals surface area contributed by atoms with Gasteiger partial charge < -0.3 is 10.0 Å². The van der Waals surface area contributed by atoms with Gasteiger partial charge in [-0.3, -0.25) is 4.79 Å². The molecule has 0 saturated carbocycles. The van der Waals surface area contributed by atoms with Gasteiger partial charge in [-0.25, -0.2) is 4.68 Å². The van der Waals surface area contributed by atoms with Crippen LogP contribution >= 0.6 is 0 Å². The van der Waals surface area contributed by atoms with E-state index in [1.54, 1.807) is 21.7 Å². The first-order valence-corrected chi connectivity index (χ1v) is 6.67. The van der Waals surface area contributed by atoms with Gasteiger partial charge in [0.05, 0.1) is 6.20 Å². The van der Waals surface area contributed by atoms with Crippen molar-refractivity contribution >= 4 is 5.91 Å². The lowest BCUT2D eigenvalue weighted by atomic mass is 9.99. The zero-order chi connectivity index (χ0) is 14.1. The number of carbonyl (C=O) groups is 1. The normalized spacial score (nSPS) is 14.2. The van der Waals surface area contributed by atoms with Crippen LogP contribution < -0.4 is 0 Å². The predicted octanol–water partition coefficient (Wildman–Crippen LogP) is 1.20. The minimum atomic E-state index is -0.0640. The molecule has 0 aliphatic carbocycles. The highest BCUT2D eigenvalue weighted by molar-refractivity contribution is 5.92. The van der Waals surface area contributed by atoms with Crippen LogP contribution in [-0.2, 0) is 19.5 Å². The molecule has 1 aliphatic rings. The van der Waals surface area contributed by atoms with Crippen molar-refractivity contribution in [3.05, 3.63) is 41.2 Å². The van der Waals surface area contributed by atoms with Crippen LogP contribution in [0.25, 0.3) is 0 Å². The van der Waals surface area contributed by atoms with E-state index in [9.17, 15) is 9.90 Å². The zero-order valence-electron chi connectivity index (χ0n) is 11.3. The number of benzene rings is 1. The van der Waals surface area contributed by atoms with E-state index < -0.39 is 0 Å². The van der Waals surface area contributed by atoms with Crippen LogP contribution in [0.15, 0.2) is 24.4 Å². The van der Waals surface area contributed by atoms with Crippen molar-refractivity contribution in [2.75, 3.05) is 6.54 Å². The van der Waals surface area contributed by atoms with Crippen molar-refractivity contribution < 1.29 is 9.90 Å². The maximum Gasteiger partial charge on any atom is 0.274 e. The Morgan fingerprint density at radius 2 is 2.25 bits per heavy atom. The summed E-state index contributed by atoms with van der Waals surface area (Å²) in [4.78, 5) is 14.3. The number of nitrogens with zero attached hydrogens (tertiary/aromatic N) is 4. The lowest BCUT2D eigenvalue weighted by Gasteiger charge is -2.28. The van der Waals surface area contributed by atoms with Gasteiger partial charge in [0.2, 0.25) is 0 Å². The minimum absolute atomic E-state index is 0.0640. The van der Waals surface area contributed by atoms with E-state index in [1.165, 1.54) is 11.8 Å². The Kier molecular flexibility index (Phi) is 3.14. The summed E-state index contributed by atoms with van der Waals surface area (Å²) in [5, 5.41) is 17.2. The number of rotatable bonds is 2. The highest BCUT2D eigenvalue weighted by Gasteiger charge is 2.24. The quantitative estimate of drug-likeness (QED) is 0.891. The van der Waals surface area contributed by atoms with Gasteiger partial charge in [-0.1, -0.05) is 11.3 Å². The van der Waals surface area contributed by atoms with Crippen molar-refractivity contribution in [2.24, 2.45) is 0 Å². The van der Waals surface area contributed by atoms with E-state index in [1.807, 2.05) is 13.0 Å². The number of carbonyl (C=O) groups excluding carboxylic acids is 1. The van der Waals surface area contributed by atoms with Crippen molar-refractivity contribution in [3.63, 3.8) is 0 Å². The van der Waals surface area contributed by atoms with E-state index in [4.69, 9.17) is 0 Å². The molecule has 0 radical (unpaired) electrons. The Bertz CT molecular complexity index is 650. The number of fused-ring (bicyclic) bond motifs is 1. The standard InChI is InChI=1S/C14H16N4O2/c1-2-18-13(8-15-16-18)14(20)17-6-5-10-3-4-12(19)7-11(10)9-17/h3-4,7-8,19H,2,5-6,9H2,1H3. The average Bonchev–Trinajstić information content (AvgIpc) is 2.94. The van der Waals surface area contributed by atoms with Crippen LogP contribution in [0, 0.1) is 0 Å². The van der Waals surface area contributed by atoms with Crippen LogP contribution in [0.1, 0.15) is 28.5 Å². The van der Waals surface area contributed by atoms with Gasteiger partial charge in [-0.2, -0.15) is 0 Å². The Morgan fingerprint density at radius 1 is 1.40 bits per heavy atom. The van der Waals surface area contributed by atoms with Crippen molar-refractivity contribution in [2.45, 2.75) is 26.4 Å². The van der Waals surface area contributed by atoms with Crippen LogP contribution in [0.5, 0.6) is 5.75 Å². The molecular formula is C14H16N4O2. The van der Waals surface area contributed by atoms with Crippen molar-refractivity contribution in [1.29, 1.82) is 0 Å². The number of phenolic OH excluding ortho intramolecular Hbond substituents is 1. The lowest BCUT2D eigenvalue weighted by molar-refractivity contribution is 0.0722. The van der Waals surface area contributed by atoms with Gasteiger partial charge in [0.15, 0.2) is 0 Å². The topological polar surface area (TPSA) is 71.2 Å². The second-order valence-corrected chi connectivity index (χ2v) is 4.86. The van der Waals surface area contributed by atoms with Crippen LogP contribution in [0.3, 0.4) is 0 Å². The molecule has 2 heterocycles. The monoisotopic (exact) mass is 272 g/mol. The van der Waals surface area contributed by atoms with Gasteiger partial charge in [0.1, 0.15) is 11.4 Å². The van der Waals surface area contributed by atoms with E-state index in [0.29, 0.717) is 25.3 Å². The number of amides is 1. The summed E-state index contributed by atoms with van der Waals surface area (Å²) >= 11 is 0.